The number of amides is 2. The number of rotatable bonds is 9. The van der Waals surface area contributed by atoms with Crippen molar-refractivity contribution in [3.8, 4) is 0 Å². The normalized spacial score (nSPS) is 18.1. The van der Waals surface area contributed by atoms with Crippen molar-refractivity contribution in [1.82, 2.24) is 10.6 Å². The van der Waals surface area contributed by atoms with Crippen molar-refractivity contribution in [1.29, 1.82) is 0 Å². The molecule has 1 heterocycles. The highest BCUT2D eigenvalue weighted by atomic mass is 19.1. The molecule has 2 aromatic carbocycles. The summed E-state index contributed by atoms with van der Waals surface area (Å²) in [6, 6.07) is 5.10. The molecule has 0 saturated heterocycles. The average Bonchev–Trinajstić information content (AvgIpc) is 2.93. The number of unbranched alkanes of at least 4 members (excludes halogenated alkanes) is 1. The monoisotopic (exact) mass is 503 g/mol. The molecule has 36 heavy (non-hydrogen) atoms. The Morgan fingerprint density at radius 2 is 1.75 bits per heavy atom. The Morgan fingerprint density at radius 1 is 1.06 bits per heavy atom. The van der Waals surface area contributed by atoms with Gasteiger partial charge in [-0.25, -0.2) is 13.2 Å². The van der Waals surface area contributed by atoms with Crippen LogP contribution >= 0.6 is 0 Å². The summed E-state index contributed by atoms with van der Waals surface area (Å²) in [5.74, 6) is -3.10. The molecule has 1 aliphatic heterocycles. The molecule has 2 aromatic rings. The Hall–Kier alpha value is -3.36. The third-order valence-electron chi connectivity index (χ3n) is 6.44. The molecule has 2 amide bonds. The van der Waals surface area contributed by atoms with Gasteiger partial charge in [-0.3, -0.25) is 14.4 Å². The van der Waals surface area contributed by atoms with Crippen LogP contribution < -0.4 is 15.5 Å². The van der Waals surface area contributed by atoms with Crippen molar-refractivity contribution in [2.24, 2.45) is 0 Å². The van der Waals surface area contributed by atoms with Gasteiger partial charge in [0.05, 0.1) is 12.5 Å². The Morgan fingerprint density at radius 3 is 2.42 bits per heavy atom. The fraction of sp³-hybridized carbons (Fsp3) is 0.444. The van der Waals surface area contributed by atoms with E-state index in [-0.39, 0.29) is 17.8 Å². The SMILES string of the molecule is CCCCC(=O)C1[C@@H](NC(=O)C(C)NC(=O)Cc2cc(F)cc(F)c2)CCc2ccc(F)cc2N1C. The molecule has 0 radical (unpaired) electrons. The molecule has 0 spiro atoms. The zero-order valence-corrected chi connectivity index (χ0v) is 20.7. The Labute approximate surface area is 209 Å². The first-order valence-electron chi connectivity index (χ1n) is 12.2. The standard InChI is InChI=1S/C27H32F3N3O3/c1-4-5-6-24(34)26-22(10-8-18-7-9-19(28)15-23(18)33(26)3)32-27(36)16(2)31-25(35)13-17-11-20(29)14-21(30)12-17/h7,9,11-12,14-16,22,26H,4-6,8,10,13H2,1-3H3,(H,31,35)(H,32,36)/t16?,22-,26?/m0/s1. The van der Waals surface area contributed by atoms with Crippen molar-refractivity contribution in [3.63, 3.8) is 0 Å². The number of halogens is 3. The molecule has 3 rings (SSSR count). The predicted octanol–water partition coefficient (Wildman–Crippen LogP) is 3.85. The van der Waals surface area contributed by atoms with Crippen LogP contribution in [0.4, 0.5) is 18.9 Å². The molecule has 6 nitrogen and oxygen atoms in total. The van der Waals surface area contributed by atoms with E-state index in [0.29, 0.717) is 37.4 Å². The fourth-order valence-corrected chi connectivity index (χ4v) is 4.62. The molecule has 3 atom stereocenters. The molecule has 194 valence electrons. The molecule has 9 heteroatoms. The second-order valence-electron chi connectivity index (χ2n) is 9.30. The van der Waals surface area contributed by atoms with Crippen LogP contribution in [0.3, 0.4) is 0 Å². The number of likely N-dealkylation sites (N-methyl/N-ethyl adjacent to an activating group) is 1. The smallest absolute Gasteiger partial charge is 0.242 e. The lowest BCUT2D eigenvalue weighted by atomic mass is 9.95. The number of carbonyl (C=O) groups is 3. The number of benzene rings is 2. The number of ketones is 1. The number of carbonyl (C=O) groups excluding carboxylic acids is 3. The number of nitrogens with zero attached hydrogens (tertiary/aromatic N) is 1. The van der Waals surface area contributed by atoms with Crippen LogP contribution in [0, 0.1) is 17.5 Å². The summed E-state index contributed by atoms with van der Waals surface area (Å²) in [7, 11) is 1.72. The van der Waals surface area contributed by atoms with Crippen LogP contribution in [0.15, 0.2) is 36.4 Å². The minimum absolute atomic E-state index is 0.0495. The van der Waals surface area contributed by atoms with Gasteiger partial charge in [-0.15, -0.1) is 0 Å². The zero-order valence-electron chi connectivity index (χ0n) is 20.7. The molecular weight excluding hydrogens is 471 g/mol. The molecule has 0 bridgehead atoms. The number of hydrogen-bond donors (Lipinski definition) is 2. The number of aryl methyl sites for hydroxylation is 1. The summed E-state index contributed by atoms with van der Waals surface area (Å²) in [5.41, 5.74) is 1.65. The second-order valence-corrected chi connectivity index (χ2v) is 9.30. The Balaban J connectivity index is 1.72. The van der Waals surface area contributed by atoms with Gasteiger partial charge in [0.1, 0.15) is 29.5 Å². The topological polar surface area (TPSA) is 78.5 Å². The van der Waals surface area contributed by atoms with E-state index in [1.807, 2.05) is 6.92 Å². The summed E-state index contributed by atoms with van der Waals surface area (Å²) in [6.07, 6.45) is 2.57. The largest absolute Gasteiger partial charge is 0.362 e. The molecule has 2 N–H and O–H groups in total. The molecule has 2 unspecified atom stereocenters. The minimum Gasteiger partial charge on any atom is -0.362 e. The van der Waals surface area contributed by atoms with Crippen LogP contribution in [0.25, 0.3) is 0 Å². The third kappa shape index (κ3) is 6.86. The molecule has 0 saturated carbocycles. The number of nitrogens with one attached hydrogen (secondary N) is 2. The lowest BCUT2D eigenvalue weighted by molar-refractivity contribution is -0.129. The van der Waals surface area contributed by atoms with E-state index in [1.165, 1.54) is 19.1 Å². The van der Waals surface area contributed by atoms with Crippen molar-refractivity contribution >= 4 is 23.3 Å². The number of anilines is 1. The van der Waals surface area contributed by atoms with Crippen molar-refractivity contribution in [2.45, 2.75) is 70.5 Å². The van der Waals surface area contributed by atoms with Crippen LogP contribution in [0.1, 0.15) is 50.7 Å². The maximum absolute atomic E-state index is 14.0. The molecule has 0 aromatic heterocycles. The lowest BCUT2D eigenvalue weighted by Gasteiger charge is -2.34. The zero-order chi connectivity index (χ0) is 26.4. The summed E-state index contributed by atoms with van der Waals surface area (Å²) in [6.45, 7) is 3.48. The first-order chi connectivity index (χ1) is 17.1. The maximum Gasteiger partial charge on any atom is 0.242 e. The van der Waals surface area contributed by atoms with Gasteiger partial charge in [0.2, 0.25) is 11.8 Å². The van der Waals surface area contributed by atoms with E-state index in [9.17, 15) is 27.6 Å². The third-order valence-corrected chi connectivity index (χ3v) is 6.44. The van der Waals surface area contributed by atoms with Crippen molar-refractivity contribution in [2.75, 3.05) is 11.9 Å². The highest BCUT2D eigenvalue weighted by Gasteiger charge is 2.36. The van der Waals surface area contributed by atoms with Crippen LogP contribution in [-0.4, -0.2) is 42.8 Å². The Bertz CT molecular complexity index is 1100. The van der Waals surface area contributed by atoms with Crippen LogP contribution in [0.2, 0.25) is 0 Å². The highest BCUT2D eigenvalue weighted by Crippen LogP contribution is 2.30. The van der Waals surface area contributed by atoms with Gasteiger partial charge >= 0.3 is 0 Å². The van der Waals surface area contributed by atoms with E-state index < -0.39 is 47.4 Å². The highest BCUT2D eigenvalue weighted by molar-refractivity contribution is 5.91. The van der Waals surface area contributed by atoms with Gasteiger partial charge < -0.3 is 15.5 Å². The van der Waals surface area contributed by atoms with E-state index >= 15 is 0 Å². The first kappa shape index (κ1) is 27.2. The van der Waals surface area contributed by atoms with Gasteiger partial charge in [0.25, 0.3) is 0 Å². The Kier molecular flexibility index (Phi) is 9.12. The first-order valence-corrected chi connectivity index (χ1v) is 12.2. The van der Waals surface area contributed by atoms with Gasteiger partial charge in [0.15, 0.2) is 5.78 Å². The summed E-state index contributed by atoms with van der Waals surface area (Å²) in [4.78, 5) is 40.3. The molecular formula is C27H32F3N3O3. The maximum atomic E-state index is 14.0. The summed E-state index contributed by atoms with van der Waals surface area (Å²) < 4.78 is 40.8. The van der Waals surface area contributed by atoms with Crippen LogP contribution in [0.5, 0.6) is 0 Å². The van der Waals surface area contributed by atoms with Gasteiger partial charge in [-0.2, -0.15) is 0 Å². The van der Waals surface area contributed by atoms with Gasteiger partial charge in [-0.05, 0) is 61.6 Å². The minimum atomic E-state index is -0.948. The lowest BCUT2D eigenvalue weighted by Crippen LogP contribution is -2.57. The average molecular weight is 504 g/mol. The summed E-state index contributed by atoms with van der Waals surface area (Å²) >= 11 is 0. The number of fused-ring (bicyclic) bond motifs is 1. The van der Waals surface area contributed by atoms with E-state index in [0.717, 1.165) is 24.1 Å². The fourth-order valence-electron chi connectivity index (χ4n) is 4.62. The molecule has 1 aliphatic rings. The van der Waals surface area contributed by atoms with Gasteiger partial charge in [-0.1, -0.05) is 19.4 Å². The second kappa shape index (κ2) is 12.1. The molecule has 0 aliphatic carbocycles. The van der Waals surface area contributed by atoms with E-state index in [2.05, 4.69) is 10.6 Å². The summed E-state index contributed by atoms with van der Waals surface area (Å²) in [5, 5.41) is 5.45. The number of hydrogen-bond acceptors (Lipinski definition) is 4. The quantitative estimate of drug-likeness (QED) is 0.545. The van der Waals surface area contributed by atoms with Crippen LogP contribution in [-0.2, 0) is 27.2 Å². The predicted molar refractivity (Wildman–Crippen MR) is 131 cm³/mol. The van der Waals surface area contributed by atoms with E-state index in [4.69, 9.17) is 0 Å². The van der Waals surface area contributed by atoms with E-state index in [1.54, 1.807) is 18.0 Å². The number of Topliss-reactive ketones (excluding diaryl/α,β-unsaturated/α-hetero) is 1. The van der Waals surface area contributed by atoms with Crippen molar-refractivity contribution in [3.05, 3.63) is 65.0 Å². The van der Waals surface area contributed by atoms with Gasteiger partial charge in [0, 0.05) is 25.2 Å². The molecule has 0 fully saturated rings. The van der Waals surface area contributed by atoms with Crippen molar-refractivity contribution < 1.29 is 27.6 Å².